The van der Waals surface area contributed by atoms with Gasteiger partial charge in [-0.1, -0.05) is 13.0 Å². The molecule has 0 spiro atoms. The summed E-state index contributed by atoms with van der Waals surface area (Å²) in [6.07, 6.45) is 6.73. The van der Waals surface area contributed by atoms with Crippen LogP contribution in [0.15, 0.2) is 31.2 Å². The minimum Gasteiger partial charge on any atom is -0.480 e. The zero-order valence-corrected chi connectivity index (χ0v) is 8.55. The van der Waals surface area contributed by atoms with Gasteiger partial charge in [-0.15, -0.1) is 6.58 Å². The van der Waals surface area contributed by atoms with Crippen molar-refractivity contribution in [1.82, 2.24) is 9.97 Å². The predicted molar refractivity (Wildman–Crippen MR) is 55.1 cm³/mol. The Morgan fingerprint density at radius 2 is 2.36 bits per heavy atom. The Hall–Kier alpha value is -1.42. The number of hydrogen-bond acceptors (Lipinski definition) is 4. The van der Waals surface area contributed by atoms with Crippen LogP contribution < -0.4 is 4.74 Å². The van der Waals surface area contributed by atoms with E-state index in [0.717, 1.165) is 6.42 Å². The van der Waals surface area contributed by atoms with Crippen molar-refractivity contribution in [1.29, 1.82) is 0 Å². The number of hydrogen-bond donors (Lipinski definition) is 1. The van der Waals surface area contributed by atoms with Crippen molar-refractivity contribution in [2.75, 3.05) is 7.11 Å². The molecule has 0 saturated carbocycles. The Labute approximate surface area is 84.3 Å². The second-order valence-electron chi connectivity index (χ2n) is 2.46. The fourth-order valence-electron chi connectivity index (χ4n) is 0.557. The largest absolute Gasteiger partial charge is 0.480 e. The Morgan fingerprint density at radius 1 is 1.64 bits per heavy atom. The molecule has 78 valence electrons. The minimum atomic E-state index is -0.301. The molecule has 1 rings (SSSR count). The fraction of sp³-hybridized carbons (Fsp3) is 0.400. The molecule has 4 nitrogen and oxygen atoms in total. The zero-order valence-electron chi connectivity index (χ0n) is 8.55. The summed E-state index contributed by atoms with van der Waals surface area (Å²) in [7, 11) is 1.56. The van der Waals surface area contributed by atoms with Gasteiger partial charge in [0.15, 0.2) is 0 Å². The van der Waals surface area contributed by atoms with E-state index in [1.807, 2.05) is 6.92 Å². The van der Waals surface area contributed by atoms with Gasteiger partial charge < -0.3 is 9.84 Å². The number of methoxy groups -OCH3 is 1. The lowest BCUT2D eigenvalue weighted by Gasteiger charge is -1.93. The minimum absolute atomic E-state index is 0.301. The number of nitrogens with zero attached hydrogens (tertiary/aromatic N) is 2. The molecule has 0 saturated heterocycles. The van der Waals surface area contributed by atoms with Gasteiger partial charge in [0.1, 0.15) is 0 Å². The molecule has 1 aromatic heterocycles. The Kier molecular flexibility index (Phi) is 7.36. The third kappa shape index (κ3) is 6.14. The van der Waals surface area contributed by atoms with Crippen molar-refractivity contribution in [3.8, 4) is 5.88 Å². The maximum atomic E-state index is 8.55. The number of rotatable bonds is 3. The van der Waals surface area contributed by atoms with Crippen LogP contribution in [0.4, 0.5) is 0 Å². The number of aromatic nitrogens is 2. The van der Waals surface area contributed by atoms with E-state index in [1.54, 1.807) is 25.7 Å². The fourth-order valence-corrected chi connectivity index (χ4v) is 0.557. The normalized spacial score (nSPS) is 10.8. The molecular weight excluding hydrogens is 180 g/mol. The number of ether oxygens (including phenoxy) is 1. The van der Waals surface area contributed by atoms with Crippen molar-refractivity contribution < 1.29 is 9.84 Å². The van der Waals surface area contributed by atoms with Crippen molar-refractivity contribution >= 4 is 0 Å². The van der Waals surface area contributed by atoms with Gasteiger partial charge in [0, 0.05) is 12.4 Å². The van der Waals surface area contributed by atoms with Gasteiger partial charge in [-0.05, 0) is 6.42 Å². The lowest BCUT2D eigenvalue weighted by molar-refractivity contribution is 0.219. The second-order valence-corrected chi connectivity index (χ2v) is 2.46. The van der Waals surface area contributed by atoms with Crippen molar-refractivity contribution in [2.24, 2.45) is 0 Å². The molecule has 1 N–H and O–H groups in total. The smallest absolute Gasteiger partial charge is 0.231 e. The van der Waals surface area contributed by atoms with Crippen LogP contribution >= 0.6 is 0 Å². The summed E-state index contributed by atoms with van der Waals surface area (Å²) in [6.45, 7) is 5.29. The lowest BCUT2D eigenvalue weighted by atomic mass is 10.3. The molecule has 0 aliphatic rings. The molecule has 14 heavy (non-hydrogen) atoms. The Morgan fingerprint density at radius 3 is 2.57 bits per heavy atom. The van der Waals surface area contributed by atoms with Crippen LogP contribution in [0.2, 0.25) is 0 Å². The van der Waals surface area contributed by atoms with Gasteiger partial charge in [0.2, 0.25) is 5.88 Å². The van der Waals surface area contributed by atoms with Gasteiger partial charge in [-0.3, -0.25) is 4.98 Å². The first-order valence-electron chi connectivity index (χ1n) is 4.35. The summed E-state index contributed by atoms with van der Waals surface area (Å²) in [5.41, 5.74) is 0. The summed E-state index contributed by atoms with van der Waals surface area (Å²) in [5.74, 6) is 0.549. The van der Waals surface area contributed by atoms with Gasteiger partial charge in [-0.2, -0.15) is 0 Å². The van der Waals surface area contributed by atoms with Crippen LogP contribution in [-0.4, -0.2) is 28.3 Å². The monoisotopic (exact) mass is 196 g/mol. The van der Waals surface area contributed by atoms with Crippen LogP contribution in [0.25, 0.3) is 0 Å². The molecule has 1 unspecified atom stereocenters. The number of aliphatic hydroxyl groups excluding tert-OH is 1. The maximum Gasteiger partial charge on any atom is 0.231 e. The molecule has 1 atom stereocenters. The number of aliphatic hydroxyl groups is 1. The van der Waals surface area contributed by atoms with Gasteiger partial charge >= 0.3 is 0 Å². The average Bonchev–Trinajstić information content (AvgIpc) is 2.30. The molecule has 1 aromatic rings. The summed E-state index contributed by atoms with van der Waals surface area (Å²) in [4.78, 5) is 7.58. The van der Waals surface area contributed by atoms with E-state index in [0.29, 0.717) is 5.88 Å². The molecular formula is C10H16N2O2. The first-order valence-corrected chi connectivity index (χ1v) is 4.35. The van der Waals surface area contributed by atoms with E-state index in [9.17, 15) is 0 Å². The third-order valence-electron chi connectivity index (χ3n) is 1.44. The van der Waals surface area contributed by atoms with Crippen molar-refractivity contribution in [2.45, 2.75) is 19.4 Å². The van der Waals surface area contributed by atoms with E-state index >= 15 is 0 Å². The van der Waals surface area contributed by atoms with Crippen molar-refractivity contribution in [3.63, 3.8) is 0 Å². The van der Waals surface area contributed by atoms with E-state index in [-0.39, 0.29) is 6.10 Å². The molecule has 0 aliphatic heterocycles. The van der Waals surface area contributed by atoms with E-state index < -0.39 is 0 Å². The molecule has 1 heterocycles. The second kappa shape index (κ2) is 8.19. The predicted octanol–water partition coefficient (Wildman–Crippen LogP) is 1.43. The van der Waals surface area contributed by atoms with Crippen LogP contribution in [0.5, 0.6) is 5.88 Å². The first-order chi connectivity index (χ1) is 6.74. The Balaban J connectivity index is 0.000000255. The lowest BCUT2D eigenvalue weighted by Crippen LogP contribution is -1.95. The Bertz CT molecular complexity index is 239. The van der Waals surface area contributed by atoms with E-state index in [4.69, 9.17) is 9.84 Å². The quantitative estimate of drug-likeness (QED) is 0.743. The van der Waals surface area contributed by atoms with Gasteiger partial charge in [-0.25, -0.2) is 4.98 Å². The highest BCUT2D eigenvalue weighted by molar-refractivity contribution is 5.00. The average molecular weight is 196 g/mol. The first kappa shape index (κ1) is 12.6. The third-order valence-corrected chi connectivity index (χ3v) is 1.44. The van der Waals surface area contributed by atoms with Gasteiger partial charge in [0.25, 0.3) is 0 Å². The summed E-state index contributed by atoms with van der Waals surface area (Å²) < 4.78 is 4.74. The van der Waals surface area contributed by atoms with Crippen LogP contribution in [0.1, 0.15) is 13.3 Å². The molecule has 0 fully saturated rings. The topological polar surface area (TPSA) is 55.2 Å². The summed E-state index contributed by atoms with van der Waals surface area (Å²) >= 11 is 0. The molecule has 0 aliphatic carbocycles. The summed E-state index contributed by atoms with van der Waals surface area (Å²) in [6, 6.07) is 0. The maximum absolute atomic E-state index is 8.55. The highest BCUT2D eigenvalue weighted by Crippen LogP contribution is 1.96. The standard InChI is InChI=1S/C5H6N2O.C5H10O/c1-8-5-4-6-2-3-7-5;1-3-5(6)4-2/h2-4H,1H3;3,5-6H,1,4H2,2H3. The molecule has 0 radical (unpaired) electrons. The van der Waals surface area contributed by atoms with E-state index in [1.165, 1.54) is 6.08 Å². The van der Waals surface area contributed by atoms with Crippen LogP contribution in [0.3, 0.4) is 0 Å². The highest BCUT2D eigenvalue weighted by Gasteiger charge is 1.86. The zero-order chi connectivity index (χ0) is 10.8. The molecule has 4 heteroatoms. The van der Waals surface area contributed by atoms with Crippen LogP contribution in [0, 0.1) is 0 Å². The van der Waals surface area contributed by atoms with Crippen molar-refractivity contribution in [3.05, 3.63) is 31.2 Å². The van der Waals surface area contributed by atoms with Crippen LogP contribution in [-0.2, 0) is 0 Å². The molecule has 0 amide bonds. The molecule has 0 bridgehead atoms. The highest BCUT2D eigenvalue weighted by atomic mass is 16.5. The molecule has 0 aromatic carbocycles. The summed E-state index contributed by atoms with van der Waals surface area (Å²) in [5, 5.41) is 8.55. The van der Waals surface area contributed by atoms with Gasteiger partial charge in [0.05, 0.1) is 19.4 Å². The SMILES string of the molecule is C=CC(O)CC.COc1cnccn1. The van der Waals surface area contributed by atoms with E-state index in [2.05, 4.69) is 16.5 Å².